The van der Waals surface area contributed by atoms with Gasteiger partial charge in [-0.3, -0.25) is 14.5 Å². The molecule has 3 aromatic rings. The van der Waals surface area contributed by atoms with E-state index >= 15 is 0 Å². The van der Waals surface area contributed by atoms with E-state index in [1.807, 2.05) is 13.0 Å². The number of anilines is 1. The van der Waals surface area contributed by atoms with Crippen LogP contribution < -0.4 is 9.64 Å². The van der Waals surface area contributed by atoms with Crippen molar-refractivity contribution in [2.45, 2.75) is 19.9 Å². The topological polar surface area (TPSA) is 80.0 Å². The lowest BCUT2D eigenvalue weighted by atomic mass is 9.97. The molecule has 2 aromatic carbocycles. The number of halogens is 1. The fraction of sp³-hybridized carbons (Fsp3) is 0.167. The molecule has 1 aromatic heterocycles. The molecule has 1 fully saturated rings. The lowest BCUT2D eigenvalue weighted by Crippen LogP contribution is -2.29. The van der Waals surface area contributed by atoms with Crippen molar-refractivity contribution in [2.75, 3.05) is 12.0 Å². The molecule has 0 saturated carbocycles. The van der Waals surface area contributed by atoms with E-state index in [1.165, 1.54) is 12.0 Å². The molecule has 4 rings (SSSR count). The van der Waals surface area contributed by atoms with Gasteiger partial charge in [0.2, 0.25) is 0 Å². The van der Waals surface area contributed by atoms with Gasteiger partial charge in [0, 0.05) is 10.2 Å². The Morgan fingerprint density at radius 2 is 1.77 bits per heavy atom. The first kappa shape index (κ1) is 20.9. The molecule has 31 heavy (non-hydrogen) atoms. The van der Waals surface area contributed by atoms with Crippen LogP contribution in [0.1, 0.15) is 28.7 Å². The number of rotatable bonds is 4. The molecule has 2 heterocycles. The van der Waals surface area contributed by atoms with Gasteiger partial charge in [-0.2, -0.15) is 0 Å². The maximum atomic E-state index is 13.1. The number of amides is 1. The summed E-state index contributed by atoms with van der Waals surface area (Å²) < 4.78 is 12.0. The van der Waals surface area contributed by atoms with Gasteiger partial charge < -0.3 is 14.3 Å². The van der Waals surface area contributed by atoms with Crippen LogP contribution in [0, 0.1) is 13.8 Å². The van der Waals surface area contributed by atoms with Crippen molar-refractivity contribution in [3.8, 4) is 5.75 Å². The highest BCUT2D eigenvalue weighted by atomic mass is 79.9. The summed E-state index contributed by atoms with van der Waals surface area (Å²) in [5.74, 6) is -0.431. The van der Waals surface area contributed by atoms with Gasteiger partial charge in [-0.15, -0.1) is 0 Å². The van der Waals surface area contributed by atoms with E-state index in [9.17, 15) is 14.7 Å². The van der Waals surface area contributed by atoms with Gasteiger partial charge in [-0.1, -0.05) is 27.6 Å². The van der Waals surface area contributed by atoms with Crippen LogP contribution in [-0.4, -0.2) is 23.9 Å². The number of carbonyl (C=O) groups is 2. The standard InChI is InChI=1S/C24H20BrNO5/c1-13-4-10-18(30-3)17(12-13)22(27)20-21(19-11-5-14(2)31-19)26(24(29)23(20)28)16-8-6-15(25)7-9-16/h4-12,21,27H,1-3H3/b22-20+. The zero-order valence-electron chi connectivity index (χ0n) is 17.2. The molecular weight excluding hydrogens is 462 g/mol. The third kappa shape index (κ3) is 3.65. The molecule has 0 aliphatic carbocycles. The van der Waals surface area contributed by atoms with Crippen LogP contribution in [0.3, 0.4) is 0 Å². The quantitative estimate of drug-likeness (QED) is 0.311. The Bertz CT molecular complexity index is 1210. The first-order chi connectivity index (χ1) is 14.8. The highest BCUT2D eigenvalue weighted by Gasteiger charge is 2.48. The number of Topliss-reactive ketones (excluding diaryl/α,β-unsaturated/α-hetero) is 1. The molecule has 1 atom stereocenters. The molecule has 1 unspecified atom stereocenters. The van der Waals surface area contributed by atoms with E-state index in [-0.39, 0.29) is 11.3 Å². The Hall–Kier alpha value is -3.32. The van der Waals surface area contributed by atoms with Gasteiger partial charge in [0.25, 0.3) is 11.7 Å². The summed E-state index contributed by atoms with van der Waals surface area (Å²) in [5.41, 5.74) is 1.67. The molecule has 1 aliphatic heterocycles. The molecule has 1 aliphatic rings. The third-order valence-corrected chi connectivity index (χ3v) is 5.72. The second-order valence-electron chi connectivity index (χ2n) is 7.30. The number of aliphatic hydroxyl groups excluding tert-OH is 1. The molecule has 6 nitrogen and oxygen atoms in total. The molecule has 0 bridgehead atoms. The van der Waals surface area contributed by atoms with Gasteiger partial charge in [0.15, 0.2) is 0 Å². The molecule has 0 radical (unpaired) electrons. The molecule has 0 spiro atoms. The second kappa shape index (κ2) is 8.07. The smallest absolute Gasteiger partial charge is 0.300 e. The molecule has 158 valence electrons. The van der Waals surface area contributed by atoms with E-state index in [1.54, 1.807) is 55.5 Å². The minimum absolute atomic E-state index is 0.0498. The largest absolute Gasteiger partial charge is 0.507 e. The Kier molecular flexibility index (Phi) is 5.45. The third-order valence-electron chi connectivity index (χ3n) is 5.19. The summed E-state index contributed by atoms with van der Waals surface area (Å²) in [6.07, 6.45) is 0. The van der Waals surface area contributed by atoms with Crippen molar-refractivity contribution in [3.63, 3.8) is 0 Å². The van der Waals surface area contributed by atoms with E-state index in [0.717, 1.165) is 10.0 Å². The minimum Gasteiger partial charge on any atom is -0.507 e. The molecule has 1 saturated heterocycles. The number of aliphatic hydroxyl groups is 1. The Morgan fingerprint density at radius 3 is 2.39 bits per heavy atom. The number of hydrogen-bond acceptors (Lipinski definition) is 5. The van der Waals surface area contributed by atoms with E-state index in [0.29, 0.717) is 28.5 Å². The first-order valence-electron chi connectivity index (χ1n) is 9.59. The minimum atomic E-state index is -0.917. The summed E-state index contributed by atoms with van der Waals surface area (Å²) in [6, 6.07) is 14.8. The lowest BCUT2D eigenvalue weighted by Gasteiger charge is -2.23. The van der Waals surface area contributed by atoms with Crippen molar-refractivity contribution >= 4 is 39.1 Å². The maximum Gasteiger partial charge on any atom is 0.300 e. The summed E-state index contributed by atoms with van der Waals surface area (Å²) >= 11 is 3.38. The predicted octanol–water partition coefficient (Wildman–Crippen LogP) is 5.29. The monoisotopic (exact) mass is 481 g/mol. The van der Waals surface area contributed by atoms with Crippen LogP contribution in [0.25, 0.3) is 5.76 Å². The van der Waals surface area contributed by atoms with Gasteiger partial charge in [0.05, 0.1) is 18.2 Å². The number of nitrogens with zero attached hydrogens (tertiary/aromatic N) is 1. The van der Waals surface area contributed by atoms with Crippen molar-refractivity contribution in [1.82, 2.24) is 0 Å². The Morgan fingerprint density at radius 1 is 1.06 bits per heavy atom. The average Bonchev–Trinajstić information content (AvgIpc) is 3.29. The Balaban J connectivity index is 1.97. The fourth-order valence-corrected chi connectivity index (χ4v) is 3.99. The second-order valence-corrected chi connectivity index (χ2v) is 8.21. The van der Waals surface area contributed by atoms with Gasteiger partial charge in [-0.25, -0.2) is 0 Å². The highest BCUT2D eigenvalue weighted by Crippen LogP contribution is 2.43. The molecule has 1 amide bonds. The van der Waals surface area contributed by atoms with Crippen LogP contribution in [0.15, 0.2) is 69.1 Å². The molecule has 1 N–H and O–H groups in total. The van der Waals surface area contributed by atoms with Gasteiger partial charge in [0.1, 0.15) is 29.1 Å². The van der Waals surface area contributed by atoms with Crippen LogP contribution in [-0.2, 0) is 9.59 Å². The highest BCUT2D eigenvalue weighted by molar-refractivity contribution is 9.10. The SMILES string of the molecule is COc1ccc(C)cc1/C(O)=C1\C(=O)C(=O)N(c2ccc(Br)cc2)C1c1ccc(C)o1. The van der Waals surface area contributed by atoms with E-state index in [4.69, 9.17) is 9.15 Å². The van der Waals surface area contributed by atoms with Gasteiger partial charge in [-0.05, 0) is 62.4 Å². The number of hydrogen-bond donors (Lipinski definition) is 1. The summed E-state index contributed by atoms with van der Waals surface area (Å²) in [6.45, 7) is 3.64. The van der Waals surface area contributed by atoms with Crippen LogP contribution >= 0.6 is 15.9 Å². The number of benzene rings is 2. The zero-order chi connectivity index (χ0) is 22.3. The number of ketones is 1. The summed E-state index contributed by atoms with van der Waals surface area (Å²) in [7, 11) is 1.48. The van der Waals surface area contributed by atoms with Crippen molar-refractivity contribution in [3.05, 3.63) is 87.3 Å². The van der Waals surface area contributed by atoms with Crippen molar-refractivity contribution in [1.29, 1.82) is 0 Å². The van der Waals surface area contributed by atoms with E-state index < -0.39 is 17.7 Å². The first-order valence-corrected chi connectivity index (χ1v) is 10.4. The number of furan rings is 1. The predicted molar refractivity (Wildman–Crippen MR) is 120 cm³/mol. The van der Waals surface area contributed by atoms with Crippen LogP contribution in [0.4, 0.5) is 5.69 Å². The molecule has 7 heteroatoms. The van der Waals surface area contributed by atoms with Crippen LogP contribution in [0.5, 0.6) is 5.75 Å². The number of aryl methyl sites for hydroxylation is 2. The summed E-state index contributed by atoms with van der Waals surface area (Å²) in [5, 5.41) is 11.2. The number of carbonyl (C=O) groups excluding carboxylic acids is 2. The Labute approximate surface area is 187 Å². The number of methoxy groups -OCH3 is 1. The summed E-state index contributed by atoms with van der Waals surface area (Å²) in [4.78, 5) is 27.6. The number of ether oxygens (including phenoxy) is 1. The normalized spacial score (nSPS) is 17.9. The zero-order valence-corrected chi connectivity index (χ0v) is 18.8. The lowest BCUT2D eigenvalue weighted by molar-refractivity contribution is -0.132. The van der Waals surface area contributed by atoms with Crippen molar-refractivity contribution < 1.29 is 23.8 Å². The van der Waals surface area contributed by atoms with Crippen LogP contribution in [0.2, 0.25) is 0 Å². The maximum absolute atomic E-state index is 13.1. The van der Waals surface area contributed by atoms with Gasteiger partial charge >= 0.3 is 0 Å². The fourth-order valence-electron chi connectivity index (χ4n) is 3.72. The van der Waals surface area contributed by atoms with Crippen molar-refractivity contribution in [2.24, 2.45) is 0 Å². The average molecular weight is 482 g/mol. The van der Waals surface area contributed by atoms with E-state index in [2.05, 4.69) is 15.9 Å². The molecular formula is C24H20BrNO5.